The minimum atomic E-state index is -0.354. The maximum absolute atomic E-state index is 12.6. The zero-order chi connectivity index (χ0) is 30.0. The Kier molecular flexibility index (Phi) is 15.2. The molecular formula is C33H48N2O8. The van der Waals surface area contributed by atoms with Crippen LogP contribution in [0.25, 0.3) is 11.1 Å². The van der Waals surface area contributed by atoms with Crippen LogP contribution in [-0.2, 0) is 33.2 Å². The van der Waals surface area contributed by atoms with Crippen LogP contribution in [0.5, 0.6) is 0 Å². The summed E-state index contributed by atoms with van der Waals surface area (Å²) in [4.78, 5) is 14.1. The van der Waals surface area contributed by atoms with Crippen molar-refractivity contribution in [3.8, 4) is 11.1 Å². The fourth-order valence-corrected chi connectivity index (χ4v) is 5.21. The Balaban J connectivity index is 0.910. The zero-order valence-electron chi connectivity index (χ0n) is 25.5. The van der Waals surface area contributed by atoms with Gasteiger partial charge in [0.25, 0.3) is 0 Å². The van der Waals surface area contributed by atoms with E-state index in [0.717, 1.165) is 25.9 Å². The summed E-state index contributed by atoms with van der Waals surface area (Å²) in [5, 5.41) is 3.33. The number of piperidine rings is 1. The summed E-state index contributed by atoms with van der Waals surface area (Å²) in [5.74, 6) is 0.0499. The predicted octanol–water partition coefficient (Wildman–Crippen LogP) is 3.72. The van der Waals surface area contributed by atoms with E-state index in [-0.39, 0.29) is 12.0 Å². The van der Waals surface area contributed by atoms with E-state index in [1.165, 1.54) is 22.3 Å². The van der Waals surface area contributed by atoms with Gasteiger partial charge in [0.1, 0.15) is 6.61 Å². The quantitative estimate of drug-likeness (QED) is 0.215. The molecule has 1 aliphatic heterocycles. The van der Waals surface area contributed by atoms with Crippen LogP contribution in [-0.4, -0.2) is 123 Å². The average molecular weight is 601 g/mol. The summed E-state index contributed by atoms with van der Waals surface area (Å²) in [7, 11) is 1.72. The van der Waals surface area contributed by atoms with Gasteiger partial charge in [-0.3, -0.25) is 0 Å². The highest BCUT2D eigenvalue weighted by atomic mass is 16.6. The molecule has 10 heteroatoms. The van der Waals surface area contributed by atoms with Gasteiger partial charge in [0.05, 0.1) is 78.8 Å². The van der Waals surface area contributed by atoms with E-state index in [4.69, 9.17) is 33.2 Å². The molecule has 0 saturated carbocycles. The Morgan fingerprint density at radius 1 is 0.698 bits per heavy atom. The van der Waals surface area contributed by atoms with Crippen LogP contribution in [0.4, 0.5) is 4.79 Å². The summed E-state index contributed by atoms with van der Waals surface area (Å²) in [6.45, 7) is 8.51. The van der Waals surface area contributed by atoms with Crippen molar-refractivity contribution in [2.24, 2.45) is 0 Å². The molecule has 2 aliphatic rings. The molecular weight excluding hydrogens is 552 g/mol. The highest BCUT2D eigenvalue weighted by molar-refractivity contribution is 5.79. The third kappa shape index (κ3) is 11.5. The highest BCUT2D eigenvalue weighted by Gasteiger charge is 2.29. The van der Waals surface area contributed by atoms with Crippen molar-refractivity contribution in [2.45, 2.75) is 24.9 Å². The van der Waals surface area contributed by atoms with Crippen LogP contribution in [0.2, 0.25) is 0 Å². The summed E-state index contributed by atoms with van der Waals surface area (Å²) < 4.78 is 39.2. The topological polar surface area (TPSA) is 97.0 Å². The number of likely N-dealkylation sites (N-methyl/N-ethyl adjacent to an activating group) is 1. The van der Waals surface area contributed by atoms with E-state index in [1.807, 2.05) is 24.3 Å². The first-order valence-corrected chi connectivity index (χ1v) is 15.5. The second-order valence-corrected chi connectivity index (χ2v) is 10.6. The molecule has 1 saturated heterocycles. The molecule has 1 aliphatic carbocycles. The van der Waals surface area contributed by atoms with Crippen molar-refractivity contribution in [2.75, 3.05) is 106 Å². The van der Waals surface area contributed by atoms with Gasteiger partial charge in [-0.15, -0.1) is 0 Å². The molecule has 238 valence electrons. The average Bonchev–Trinajstić information content (AvgIpc) is 3.37. The molecule has 0 spiro atoms. The number of ether oxygens (including phenoxy) is 7. The van der Waals surface area contributed by atoms with E-state index in [1.54, 1.807) is 11.9 Å². The third-order valence-corrected chi connectivity index (χ3v) is 7.57. The van der Waals surface area contributed by atoms with Crippen molar-refractivity contribution in [3.05, 3.63) is 59.7 Å². The molecule has 0 radical (unpaired) electrons. The monoisotopic (exact) mass is 600 g/mol. The second-order valence-electron chi connectivity index (χ2n) is 10.6. The van der Waals surface area contributed by atoms with Crippen LogP contribution in [0.1, 0.15) is 29.9 Å². The Morgan fingerprint density at radius 2 is 1.16 bits per heavy atom. The number of hydrogen-bond acceptors (Lipinski definition) is 9. The molecule has 0 aromatic heterocycles. The number of carbonyl (C=O) groups excluding carboxylic acids is 1. The number of benzene rings is 2. The molecule has 1 N–H and O–H groups in total. The standard InChI is InChI=1S/C33H48N2O8/c1-35(33(36)43-26-32-30-8-4-2-6-28(30)29-7-3-5-9-31(29)32)14-15-37-16-17-38-18-19-39-20-21-40-22-23-41-24-25-42-27-10-12-34-13-11-27/h2-9,27,32,34H,10-26H2,1H3. The second kappa shape index (κ2) is 19.7. The number of fused-ring (bicyclic) bond motifs is 3. The predicted molar refractivity (Wildman–Crippen MR) is 164 cm³/mol. The molecule has 43 heavy (non-hydrogen) atoms. The Bertz CT molecular complexity index is 1020. The van der Waals surface area contributed by atoms with Crippen LogP contribution in [0.3, 0.4) is 0 Å². The van der Waals surface area contributed by atoms with Crippen molar-refractivity contribution < 1.29 is 38.0 Å². The van der Waals surface area contributed by atoms with Crippen LogP contribution in [0.15, 0.2) is 48.5 Å². The highest BCUT2D eigenvalue weighted by Crippen LogP contribution is 2.44. The molecule has 0 unspecified atom stereocenters. The van der Waals surface area contributed by atoms with Crippen molar-refractivity contribution >= 4 is 6.09 Å². The van der Waals surface area contributed by atoms with Crippen molar-refractivity contribution in [1.82, 2.24) is 10.2 Å². The van der Waals surface area contributed by atoms with Crippen LogP contribution in [0, 0.1) is 0 Å². The minimum Gasteiger partial charge on any atom is -0.448 e. The largest absolute Gasteiger partial charge is 0.448 e. The molecule has 4 rings (SSSR count). The number of amides is 1. The van der Waals surface area contributed by atoms with Gasteiger partial charge in [-0.25, -0.2) is 4.79 Å². The lowest BCUT2D eigenvalue weighted by Crippen LogP contribution is -2.33. The van der Waals surface area contributed by atoms with E-state index in [2.05, 4.69) is 29.6 Å². The third-order valence-electron chi connectivity index (χ3n) is 7.57. The van der Waals surface area contributed by atoms with Gasteiger partial charge in [-0.2, -0.15) is 0 Å². The molecule has 2 aromatic carbocycles. The smallest absolute Gasteiger partial charge is 0.409 e. The fraction of sp³-hybridized carbons (Fsp3) is 0.606. The van der Waals surface area contributed by atoms with E-state index >= 15 is 0 Å². The normalized spacial score (nSPS) is 14.9. The lowest BCUT2D eigenvalue weighted by atomic mass is 9.98. The summed E-state index contributed by atoms with van der Waals surface area (Å²) >= 11 is 0. The van der Waals surface area contributed by atoms with E-state index in [0.29, 0.717) is 91.9 Å². The Morgan fingerprint density at radius 3 is 1.70 bits per heavy atom. The first kappa shape index (κ1) is 33.3. The molecule has 10 nitrogen and oxygen atoms in total. The van der Waals surface area contributed by atoms with Gasteiger partial charge in [0.2, 0.25) is 0 Å². The van der Waals surface area contributed by atoms with Crippen molar-refractivity contribution in [1.29, 1.82) is 0 Å². The Labute approximate surface area is 255 Å². The molecule has 1 amide bonds. The Hall–Kier alpha value is -2.57. The van der Waals surface area contributed by atoms with E-state index < -0.39 is 0 Å². The summed E-state index contributed by atoms with van der Waals surface area (Å²) in [6, 6.07) is 16.6. The van der Waals surface area contributed by atoms with Gasteiger partial charge in [-0.05, 0) is 48.2 Å². The lowest BCUT2D eigenvalue weighted by molar-refractivity contribution is -0.0297. The molecule has 1 fully saturated rings. The maximum Gasteiger partial charge on any atom is 0.409 e. The van der Waals surface area contributed by atoms with Gasteiger partial charge >= 0.3 is 6.09 Å². The molecule has 0 bridgehead atoms. The van der Waals surface area contributed by atoms with Gasteiger partial charge in [-0.1, -0.05) is 48.5 Å². The number of hydrogen-bond donors (Lipinski definition) is 1. The van der Waals surface area contributed by atoms with E-state index in [9.17, 15) is 4.79 Å². The zero-order valence-corrected chi connectivity index (χ0v) is 25.5. The summed E-state index contributed by atoms with van der Waals surface area (Å²) in [6.07, 6.45) is 2.17. The minimum absolute atomic E-state index is 0.0499. The number of rotatable bonds is 21. The van der Waals surface area contributed by atoms with Crippen LogP contribution < -0.4 is 5.32 Å². The summed E-state index contributed by atoms with van der Waals surface area (Å²) in [5.41, 5.74) is 4.83. The molecule has 0 atom stereocenters. The molecule has 2 aromatic rings. The van der Waals surface area contributed by atoms with Crippen molar-refractivity contribution in [3.63, 3.8) is 0 Å². The first-order chi connectivity index (χ1) is 21.2. The number of carbonyl (C=O) groups is 1. The molecule has 1 heterocycles. The number of nitrogens with one attached hydrogen (secondary N) is 1. The SMILES string of the molecule is CN(CCOCCOCCOCCOCCOCCOC1CCNCC1)C(=O)OCC1c2ccccc2-c2ccccc21. The van der Waals surface area contributed by atoms with Gasteiger partial charge < -0.3 is 43.4 Å². The van der Waals surface area contributed by atoms with Crippen LogP contribution >= 0.6 is 0 Å². The number of nitrogens with zero attached hydrogens (tertiary/aromatic N) is 1. The lowest BCUT2D eigenvalue weighted by Gasteiger charge is -2.22. The maximum atomic E-state index is 12.6. The fourth-order valence-electron chi connectivity index (χ4n) is 5.21. The first-order valence-electron chi connectivity index (χ1n) is 15.5. The van der Waals surface area contributed by atoms with Gasteiger partial charge in [0, 0.05) is 19.5 Å². The van der Waals surface area contributed by atoms with Gasteiger partial charge in [0.15, 0.2) is 0 Å².